The van der Waals surface area contributed by atoms with Crippen LogP contribution in [0.2, 0.25) is 0 Å². The van der Waals surface area contributed by atoms with Crippen molar-refractivity contribution in [3.63, 3.8) is 0 Å². The number of rotatable bonds is 3. The predicted octanol–water partition coefficient (Wildman–Crippen LogP) is 2.32. The first-order chi connectivity index (χ1) is 9.63. The van der Waals surface area contributed by atoms with Gasteiger partial charge in [-0.1, -0.05) is 5.16 Å². The summed E-state index contributed by atoms with van der Waals surface area (Å²) < 4.78 is 5.29. The monoisotopic (exact) mass is 292 g/mol. The largest absolute Gasteiger partial charge is 0.339 e. The van der Waals surface area contributed by atoms with Crippen LogP contribution in [0, 0.1) is 0 Å². The quantitative estimate of drug-likeness (QED) is 0.942. The highest BCUT2D eigenvalue weighted by Crippen LogP contribution is 2.28. The highest BCUT2D eigenvalue weighted by Gasteiger charge is 2.35. The van der Waals surface area contributed by atoms with Gasteiger partial charge in [0.1, 0.15) is 0 Å². The Kier molecular flexibility index (Phi) is 3.43. The molecular weight excluding hydrogens is 276 g/mol. The van der Waals surface area contributed by atoms with Crippen LogP contribution in [-0.4, -0.2) is 40.2 Å². The van der Waals surface area contributed by atoms with Crippen molar-refractivity contribution < 1.29 is 9.32 Å². The number of carbonyl (C=O) groups is 1. The second kappa shape index (κ2) is 5.24. The molecule has 0 radical (unpaired) electrons. The summed E-state index contributed by atoms with van der Waals surface area (Å²) in [5.74, 6) is 1.37. The van der Waals surface area contributed by atoms with Crippen molar-refractivity contribution in [2.45, 2.75) is 25.8 Å². The number of nitrogens with one attached hydrogen (secondary N) is 1. The summed E-state index contributed by atoms with van der Waals surface area (Å²) in [5, 5.41) is 10.8. The Bertz CT molecular complexity index is 587. The lowest BCUT2D eigenvalue weighted by Crippen LogP contribution is -2.53. The van der Waals surface area contributed by atoms with E-state index in [9.17, 15) is 4.79 Å². The van der Waals surface area contributed by atoms with Gasteiger partial charge in [0.15, 0.2) is 0 Å². The Morgan fingerprint density at radius 3 is 3.00 bits per heavy atom. The first-order valence-corrected chi connectivity index (χ1v) is 7.49. The summed E-state index contributed by atoms with van der Waals surface area (Å²) in [6.07, 6.45) is 0. The normalized spacial score (nSPS) is 15.4. The molecule has 0 atom stereocenters. The number of amides is 2. The summed E-state index contributed by atoms with van der Waals surface area (Å²) in [6, 6.07) is 2.08. The number of hydrogen-bond acceptors (Lipinski definition) is 5. The molecule has 3 rings (SSSR count). The van der Waals surface area contributed by atoms with Gasteiger partial charge in [-0.05, 0) is 25.3 Å². The van der Waals surface area contributed by atoms with E-state index in [4.69, 9.17) is 4.52 Å². The van der Waals surface area contributed by atoms with Crippen molar-refractivity contribution in [1.29, 1.82) is 0 Å². The molecule has 1 saturated heterocycles. The summed E-state index contributed by atoms with van der Waals surface area (Å²) in [6.45, 7) is 5.15. The fourth-order valence-electron chi connectivity index (χ4n) is 2.05. The lowest BCUT2D eigenvalue weighted by Gasteiger charge is -2.37. The van der Waals surface area contributed by atoms with Gasteiger partial charge in [-0.2, -0.15) is 16.3 Å². The van der Waals surface area contributed by atoms with Crippen molar-refractivity contribution in [3.8, 4) is 11.4 Å². The predicted molar refractivity (Wildman–Crippen MR) is 75.6 cm³/mol. The topological polar surface area (TPSA) is 71.3 Å². The maximum atomic E-state index is 11.8. The van der Waals surface area contributed by atoms with Crippen molar-refractivity contribution in [2.75, 3.05) is 13.1 Å². The fraction of sp³-hybridized carbons (Fsp3) is 0.462. The molecule has 6 nitrogen and oxygen atoms in total. The van der Waals surface area contributed by atoms with Crippen LogP contribution in [0.3, 0.4) is 0 Å². The molecule has 2 aromatic heterocycles. The third-order valence-corrected chi connectivity index (χ3v) is 3.83. The van der Waals surface area contributed by atoms with Crippen molar-refractivity contribution in [2.24, 2.45) is 0 Å². The van der Waals surface area contributed by atoms with Gasteiger partial charge in [-0.15, -0.1) is 0 Å². The number of thiophene rings is 1. The molecule has 20 heavy (non-hydrogen) atoms. The van der Waals surface area contributed by atoms with Crippen LogP contribution in [0.25, 0.3) is 11.4 Å². The minimum absolute atomic E-state index is 0.0335. The first kappa shape index (κ1) is 13.1. The number of nitrogens with zero attached hydrogens (tertiary/aromatic N) is 3. The average molecular weight is 292 g/mol. The number of carbonyl (C=O) groups excluding carboxylic acids is 1. The Morgan fingerprint density at radius 2 is 2.35 bits per heavy atom. The molecule has 0 spiro atoms. The standard InChI is InChI=1S/C13H16N4O2S/c1-8(2)14-13(18)17-5-10(6-17)12-15-11(16-19-12)9-3-4-20-7-9/h3-4,7-8,10H,5-6H2,1-2H3,(H,14,18). The van der Waals surface area contributed by atoms with Gasteiger partial charge in [-0.25, -0.2) is 4.79 Å². The van der Waals surface area contributed by atoms with Crippen LogP contribution in [0.1, 0.15) is 25.7 Å². The molecule has 1 fully saturated rings. The van der Waals surface area contributed by atoms with E-state index in [1.807, 2.05) is 30.7 Å². The molecule has 0 bridgehead atoms. The van der Waals surface area contributed by atoms with Crippen molar-refractivity contribution in [1.82, 2.24) is 20.4 Å². The van der Waals surface area contributed by atoms with E-state index >= 15 is 0 Å². The zero-order valence-corrected chi connectivity index (χ0v) is 12.2. The molecule has 2 aromatic rings. The van der Waals surface area contributed by atoms with Crippen molar-refractivity contribution in [3.05, 3.63) is 22.7 Å². The highest BCUT2D eigenvalue weighted by atomic mass is 32.1. The van der Waals surface area contributed by atoms with Crippen LogP contribution in [0.15, 0.2) is 21.3 Å². The third-order valence-electron chi connectivity index (χ3n) is 3.15. The maximum absolute atomic E-state index is 11.8. The summed E-state index contributed by atoms with van der Waals surface area (Å²) >= 11 is 1.60. The second-order valence-corrected chi connectivity index (χ2v) is 5.95. The Balaban J connectivity index is 1.59. The SMILES string of the molecule is CC(C)NC(=O)N1CC(c2nc(-c3ccsc3)no2)C1. The minimum atomic E-state index is -0.0335. The van der Waals surface area contributed by atoms with Gasteiger partial charge < -0.3 is 14.7 Å². The Hall–Kier alpha value is -1.89. The summed E-state index contributed by atoms with van der Waals surface area (Å²) in [4.78, 5) is 17.9. The van der Waals surface area contributed by atoms with Gasteiger partial charge in [0, 0.05) is 30.1 Å². The zero-order chi connectivity index (χ0) is 14.1. The first-order valence-electron chi connectivity index (χ1n) is 6.55. The lowest BCUT2D eigenvalue weighted by atomic mass is 10.0. The number of urea groups is 1. The minimum Gasteiger partial charge on any atom is -0.339 e. The van der Waals surface area contributed by atoms with Crippen LogP contribution in [0.4, 0.5) is 4.79 Å². The maximum Gasteiger partial charge on any atom is 0.317 e. The Morgan fingerprint density at radius 1 is 1.55 bits per heavy atom. The number of hydrogen-bond donors (Lipinski definition) is 1. The smallest absolute Gasteiger partial charge is 0.317 e. The fourth-order valence-corrected chi connectivity index (χ4v) is 2.68. The number of likely N-dealkylation sites (tertiary alicyclic amines) is 1. The van der Waals surface area contributed by atoms with E-state index in [1.165, 1.54) is 0 Å². The van der Waals surface area contributed by atoms with Gasteiger partial charge in [0.05, 0.1) is 5.92 Å². The van der Waals surface area contributed by atoms with Gasteiger partial charge in [-0.3, -0.25) is 0 Å². The lowest BCUT2D eigenvalue weighted by molar-refractivity contribution is 0.135. The second-order valence-electron chi connectivity index (χ2n) is 5.17. The molecule has 3 heterocycles. The zero-order valence-electron chi connectivity index (χ0n) is 11.4. The van der Waals surface area contributed by atoms with Crippen molar-refractivity contribution >= 4 is 17.4 Å². The van der Waals surface area contributed by atoms with Crippen LogP contribution in [0.5, 0.6) is 0 Å². The van der Waals surface area contributed by atoms with Gasteiger partial charge >= 0.3 is 6.03 Å². The third kappa shape index (κ3) is 2.53. The molecule has 0 aromatic carbocycles. The highest BCUT2D eigenvalue weighted by molar-refractivity contribution is 7.08. The summed E-state index contributed by atoms with van der Waals surface area (Å²) in [7, 11) is 0. The molecule has 0 saturated carbocycles. The molecule has 2 amide bonds. The van der Waals surface area contributed by atoms with E-state index in [0.29, 0.717) is 24.8 Å². The van der Waals surface area contributed by atoms with E-state index < -0.39 is 0 Å². The Labute approximate surface area is 120 Å². The van der Waals surface area contributed by atoms with Gasteiger partial charge in [0.2, 0.25) is 11.7 Å². The molecule has 1 aliphatic heterocycles. The molecule has 106 valence electrons. The van der Waals surface area contributed by atoms with Crippen LogP contribution in [-0.2, 0) is 0 Å². The van der Waals surface area contributed by atoms with Gasteiger partial charge in [0.25, 0.3) is 0 Å². The molecule has 0 aliphatic carbocycles. The van der Waals surface area contributed by atoms with Crippen LogP contribution >= 0.6 is 11.3 Å². The molecule has 7 heteroatoms. The molecule has 1 aliphatic rings. The molecule has 0 unspecified atom stereocenters. The van der Waals surface area contributed by atoms with E-state index in [0.717, 1.165) is 5.56 Å². The summed E-state index contributed by atoms with van der Waals surface area (Å²) in [5.41, 5.74) is 0.971. The number of aromatic nitrogens is 2. The molecular formula is C13H16N4O2S. The van der Waals surface area contributed by atoms with E-state index in [2.05, 4.69) is 15.5 Å². The van der Waals surface area contributed by atoms with Crippen LogP contribution < -0.4 is 5.32 Å². The average Bonchev–Trinajstić information content (AvgIpc) is 2.95. The van der Waals surface area contributed by atoms with E-state index in [1.54, 1.807) is 16.2 Å². The van der Waals surface area contributed by atoms with E-state index in [-0.39, 0.29) is 18.0 Å². The molecule has 1 N–H and O–H groups in total.